The second-order valence-corrected chi connectivity index (χ2v) is 11.1. The number of hydrogen-bond donors (Lipinski definition) is 0. The summed E-state index contributed by atoms with van der Waals surface area (Å²) >= 11 is 0. The van der Waals surface area contributed by atoms with Gasteiger partial charge in [-0.1, -0.05) is 122 Å². The van der Waals surface area contributed by atoms with E-state index in [1.54, 1.807) is 6.92 Å². The zero-order chi connectivity index (χ0) is 30.0. The van der Waals surface area contributed by atoms with Gasteiger partial charge in [0.1, 0.15) is 19.8 Å². The van der Waals surface area contributed by atoms with Crippen molar-refractivity contribution in [3.8, 4) is 0 Å². The molecule has 1 rings (SSSR count). The molecule has 0 radical (unpaired) electrons. The van der Waals surface area contributed by atoms with Gasteiger partial charge in [0.05, 0.1) is 18.5 Å². The highest BCUT2D eigenvalue weighted by molar-refractivity contribution is 8.93. The molecule has 0 N–H and O–H groups in total. The molecule has 0 unspecified atom stereocenters. The van der Waals surface area contributed by atoms with E-state index in [1.807, 2.05) is 12.2 Å². The van der Waals surface area contributed by atoms with Gasteiger partial charge in [-0.15, -0.1) is 17.0 Å². The van der Waals surface area contributed by atoms with E-state index in [0.29, 0.717) is 0 Å². The van der Waals surface area contributed by atoms with Crippen molar-refractivity contribution < 1.29 is 28.6 Å². The van der Waals surface area contributed by atoms with E-state index in [2.05, 4.69) is 24.5 Å². The van der Waals surface area contributed by atoms with Crippen molar-refractivity contribution in [3.63, 3.8) is 0 Å². The topological polar surface area (TPSA) is 82.1 Å². The Kier molecular flexibility index (Phi) is 26.3. The fourth-order valence-electron chi connectivity index (χ4n) is 4.73. The standard InChI is InChI=1S/C34H57NO6.BrH/c1-4-5-6-7-8-9-10-11-12-13-14-15-16-17-18-20-25-35-26-21-19-22-31(35)29-41-33(37)24-23-32(36)39-27-28-40-34(38)30(2)3;/h19,21-22H,2,4-18,20,23-29H2,1,3H3;1H. The third-order valence-electron chi connectivity index (χ3n) is 7.28. The summed E-state index contributed by atoms with van der Waals surface area (Å²) < 4.78 is 15.2. The van der Waals surface area contributed by atoms with Crippen LogP contribution in [0.3, 0.4) is 0 Å². The van der Waals surface area contributed by atoms with Crippen molar-refractivity contribution in [2.75, 3.05) is 32.9 Å². The molecule has 0 aromatic carbocycles. The molecule has 242 valence electrons. The van der Waals surface area contributed by atoms with Crippen molar-refractivity contribution in [2.45, 2.75) is 129 Å². The number of halogens is 1. The molecule has 7 nitrogen and oxygen atoms in total. The number of nitrogens with zero attached hydrogens (tertiary/aromatic N) is 1. The van der Waals surface area contributed by atoms with Crippen LogP contribution in [0.5, 0.6) is 0 Å². The lowest BCUT2D eigenvalue weighted by molar-refractivity contribution is -0.152. The summed E-state index contributed by atoms with van der Waals surface area (Å²) in [5.74, 6) is -1.49. The third-order valence-corrected chi connectivity index (χ3v) is 7.28. The minimum Gasteiger partial charge on any atom is -0.462 e. The summed E-state index contributed by atoms with van der Waals surface area (Å²) in [5.41, 5.74) is 1.27. The maximum Gasteiger partial charge on any atom is 0.333 e. The molecule has 0 saturated carbocycles. The molecule has 42 heavy (non-hydrogen) atoms. The van der Waals surface area contributed by atoms with Crippen molar-refractivity contribution >= 4 is 34.9 Å². The lowest BCUT2D eigenvalue weighted by atomic mass is 10.0. The lowest BCUT2D eigenvalue weighted by Gasteiger charge is -2.28. The first kappa shape index (κ1) is 39.9. The Balaban J connectivity index is 0.0000168. The van der Waals surface area contributed by atoms with Gasteiger partial charge in [0.2, 0.25) is 0 Å². The van der Waals surface area contributed by atoms with Gasteiger partial charge in [0, 0.05) is 18.7 Å². The fraction of sp³-hybridized carbons (Fsp3) is 0.735. The van der Waals surface area contributed by atoms with Gasteiger partial charge in [-0.3, -0.25) is 9.59 Å². The van der Waals surface area contributed by atoms with Crippen LogP contribution in [-0.4, -0.2) is 55.7 Å². The number of esters is 3. The molecule has 0 fully saturated rings. The number of unbranched alkanes of at least 4 members (excludes halogenated alkanes) is 15. The zero-order valence-electron chi connectivity index (χ0n) is 26.5. The SMILES string of the molecule is Br.C=C(C)C(=O)OCCOC(=O)CCC(=O)OCC1=CC=CCN1CCCCCCCCCCCCCCCCCC. The largest absolute Gasteiger partial charge is 0.462 e. The van der Waals surface area contributed by atoms with Gasteiger partial charge >= 0.3 is 17.9 Å². The molecule has 1 aliphatic heterocycles. The van der Waals surface area contributed by atoms with Crippen LogP contribution in [0.4, 0.5) is 0 Å². The molecule has 8 heteroatoms. The molecule has 0 saturated heterocycles. The van der Waals surface area contributed by atoms with Crippen LogP contribution in [0.1, 0.15) is 129 Å². The quantitative estimate of drug-likeness (QED) is 0.0399. The summed E-state index contributed by atoms with van der Waals surface area (Å²) in [7, 11) is 0. The molecule has 0 aromatic rings. The van der Waals surface area contributed by atoms with Crippen molar-refractivity contribution in [1.29, 1.82) is 0 Å². The van der Waals surface area contributed by atoms with Gasteiger partial charge in [0.15, 0.2) is 0 Å². The Morgan fingerprint density at radius 3 is 1.74 bits per heavy atom. The predicted molar refractivity (Wildman–Crippen MR) is 176 cm³/mol. The van der Waals surface area contributed by atoms with Gasteiger partial charge in [-0.25, -0.2) is 4.79 Å². The smallest absolute Gasteiger partial charge is 0.333 e. The second kappa shape index (κ2) is 27.7. The molecular weight excluding hydrogens is 598 g/mol. The highest BCUT2D eigenvalue weighted by atomic mass is 79.9. The van der Waals surface area contributed by atoms with Crippen LogP contribution in [0, 0.1) is 0 Å². The van der Waals surface area contributed by atoms with Crippen molar-refractivity contribution in [2.24, 2.45) is 0 Å². The Morgan fingerprint density at radius 1 is 0.738 bits per heavy atom. The number of rotatable bonds is 26. The summed E-state index contributed by atoms with van der Waals surface area (Å²) in [6.45, 7) is 9.18. The number of carbonyl (C=O) groups excluding carboxylic acids is 3. The van der Waals surface area contributed by atoms with Gasteiger partial charge < -0.3 is 19.1 Å². The van der Waals surface area contributed by atoms with E-state index in [0.717, 1.165) is 25.2 Å². The molecule has 0 aliphatic carbocycles. The Morgan fingerprint density at radius 2 is 1.21 bits per heavy atom. The average molecular weight is 657 g/mol. The van der Waals surface area contributed by atoms with Crippen LogP contribution in [0.2, 0.25) is 0 Å². The Bertz CT molecular complexity index is 810. The van der Waals surface area contributed by atoms with Crippen LogP contribution in [0.25, 0.3) is 0 Å². The van der Waals surface area contributed by atoms with Crippen LogP contribution < -0.4 is 0 Å². The zero-order valence-corrected chi connectivity index (χ0v) is 28.2. The summed E-state index contributed by atoms with van der Waals surface area (Å²) in [6.07, 6.45) is 27.7. The number of ether oxygens (including phenoxy) is 3. The van der Waals surface area contributed by atoms with E-state index < -0.39 is 17.9 Å². The Labute approximate surface area is 266 Å². The number of allylic oxidation sites excluding steroid dienone is 2. The maximum absolute atomic E-state index is 12.1. The second-order valence-electron chi connectivity index (χ2n) is 11.1. The molecule has 0 spiro atoms. The Hall–Kier alpha value is -2.09. The summed E-state index contributed by atoms with van der Waals surface area (Å²) in [4.78, 5) is 37.5. The fourth-order valence-corrected chi connectivity index (χ4v) is 4.73. The van der Waals surface area contributed by atoms with E-state index >= 15 is 0 Å². The van der Waals surface area contributed by atoms with Gasteiger partial charge in [-0.2, -0.15) is 0 Å². The maximum atomic E-state index is 12.1. The van der Waals surface area contributed by atoms with E-state index in [4.69, 9.17) is 14.2 Å². The average Bonchev–Trinajstić information content (AvgIpc) is 2.97. The molecule has 1 heterocycles. The van der Waals surface area contributed by atoms with E-state index in [9.17, 15) is 14.4 Å². The van der Waals surface area contributed by atoms with Crippen LogP contribution in [0.15, 0.2) is 36.1 Å². The first-order chi connectivity index (χ1) is 19.9. The normalized spacial score (nSPS) is 12.3. The summed E-state index contributed by atoms with van der Waals surface area (Å²) in [6, 6.07) is 0. The molecule has 0 atom stereocenters. The first-order valence-electron chi connectivity index (χ1n) is 16.2. The highest BCUT2D eigenvalue weighted by Gasteiger charge is 2.14. The van der Waals surface area contributed by atoms with Crippen LogP contribution >= 0.6 is 17.0 Å². The van der Waals surface area contributed by atoms with Gasteiger partial charge in [0.25, 0.3) is 0 Å². The number of carbonyl (C=O) groups is 3. The lowest BCUT2D eigenvalue weighted by Crippen LogP contribution is -2.29. The minimum atomic E-state index is -0.529. The minimum absolute atomic E-state index is 0. The molecule has 1 aliphatic rings. The molecule has 0 bridgehead atoms. The third kappa shape index (κ3) is 22.5. The molecule has 0 amide bonds. The molecule has 0 aromatic heterocycles. The van der Waals surface area contributed by atoms with Gasteiger partial charge in [-0.05, 0) is 19.4 Å². The first-order valence-corrected chi connectivity index (χ1v) is 16.2. The highest BCUT2D eigenvalue weighted by Crippen LogP contribution is 2.16. The van der Waals surface area contributed by atoms with Crippen LogP contribution in [-0.2, 0) is 28.6 Å². The number of hydrogen-bond acceptors (Lipinski definition) is 7. The van der Waals surface area contributed by atoms with E-state index in [1.165, 1.54) is 96.3 Å². The van der Waals surface area contributed by atoms with Crippen molar-refractivity contribution in [3.05, 3.63) is 36.1 Å². The molecular formula is C34H58BrNO6. The van der Waals surface area contributed by atoms with E-state index in [-0.39, 0.29) is 55.2 Å². The van der Waals surface area contributed by atoms with Crippen molar-refractivity contribution in [1.82, 2.24) is 4.90 Å². The summed E-state index contributed by atoms with van der Waals surface area (Å²) in [5, 5.41) is 0. The predicted octanol–water partition coefficient (Wildman–Crippen LogP) is 8.57. The monoisotopic (exact) mass is 655 g/mol.